The molecule has 2 N–H and O–H groups in total. The third-order valence-electron chi connectivity index (χ3n) is 3.62. The van der Waals surface area contributed by atoms with E-state index in [0.29, 0.717) is 0 Å². The predicted molar refractivity (Wildman–Crippen MR) is 76.4 cm³/mol. The van der Waals surface area contributed by atoms with Gasteiger partial charge in [0, 0.05) is 19.3 Å². The first-order valence-electron chi connectivity index (χ1n) is 6.70. The highest BCUT2D eigenvalue weighted by atomic mass is 16.5. The number of aryl methyl sites for hydroxylation is 2. The average Bonchev–Trinajstić information content (AvgIpc) is 2.37. The van der Waals surface area contributed by atoms with Crippen LogP contribution in [0.2, 0.25) is 0 Å². The maximum atomic E-state index is 12.4. The molecule has 2 rings (SSSR count). The molecule has 1 aliphatic rings. The topological polar surface area (TPSA) is 55.6 Å². The zero-order chi connectivity index (χ0) is 14.0. The lowest BCUT2D eigenvalue weighted by molar-refractivity contribution is -0.121. The quantitative estimate of drug-likeness (QED) is 0.899. The van der Waals surface area contributed by atoms with Gasteiger partial charge in [0.1, 0.15) is 6.04 Å². The van der Waals surface area contributed by atoms with Crippen molar-refractivity contribution in [2.24, 2.45) is 5.73 Å². The van der Waals surface area contributed by atoms with Crippen LogP contribution in [-0.2, 0) is 16.0 Å². The number of amides is 1. The van der Waals surface area contributed by atoms with Crippen LogP contribution >= 0.6 is 0 Å². The van der Waals surface area contributed by atoms with Gasteiger partial charge in [-0.25, -0.2) is 0 Å². The van der Waals surface area contributed by atoms with Crippen molar-refractivity contribution < 1.29 is 9.53 Å². The van der Waals surface area contributed by atoms with E-state index < -0.39 is 6.04 Å². The second-order valence-corrected chi connectivity index (χ2v) is 5.23. The van der Waals surface area contributed by atoms with Gasteiger partial charge in [-0.05, 0) is 49.4 Å². The molecule has 1 aromatic carbocycles. The van der Waals surface area contributed by atoms with E-state index in [1.165, 1.54) is 16.7 Å². The Balaban J connectivity index is 2.34. The van der Waals surface area contributed by atoms with Gasteiger partial charge in [0.15, 0.2) is 0 Å². The Morgan fingerprint density at radius 1 is 1.47 bits per heavy atom. The number of nitrogens with zero attached hydrogens (tertiary/aromatic N) is 1. The Kier molecular flexibility index (Phi) is 4.22. The van der Waals surface area contributed by atoms with Crippen LogP contribution in [0.25, 0.3) is 0 Å². The monoisotopic (exact) mass is 262 g/mol. The molecule has 0 aromatic heterocycles. The molecule has 1 unspecified atom stereocenters. The standard InChI is InChI=1S/C15H22N2O2/c1-10-7-11(2)12-5-4-6-17(14(12)8-10)15(18)13(16)9-19-3/h7-8,13H,4-6,9,16H2,1-3H3. The fourth-order valence-electron chi connectivity index (χ4n) is 2.76. The van der Waals surface area contributed by atoms with E-state index in [9.17, 15) is 4.79 Å². The fraction of sp³-hybridized carbons (Fsp3) is 0.533. The third-order valence-corrected chi connectivity index (χ3v) is 3.62. The van der Waals surface area contributed by atoms with Crippen molar-refractivity contribution in [2.45, 2.75) is 32.7 Å². The van der Waals surface area contributed by atoms with Gasteiger partial charge in [0.05, 0.1) is 6.61 Å². The van der Waals surface area contributed by atoms with Crippen molar-refractivity contribution >= 4 is 11.6 Å². The molecule has 0 fully saturated rings. The van der Waals surface area contributed by atoms with Gasteiger partial charge < -0.3 is 15.4 Å². The molecule has 0 saturated heterocycles. The summed E-state index contributed by atoms with van der Waals surface area (Å²) >= 11 is 0. The number of methoxy groups -OCH3 is 1. The van der Waals surface area contributed by atoms with E-state index in [1.54, 1.807) is 7.11 Å². The van der Waals surface area contributed by atoms with Crippen molar-refractivity contribution in [1.29, 1.82) is 0 Å². The number of hydrogen-bond acceptors (Lipinski definition) is 3. The van der Waals surface area contributed by atoms with Crippen LogP contribution in [0.1, 0.15) is 23.1 Å². The van der Waals surface area contributed by atoms with Crippen molar-refractivity contribution in [2.75, 3.05) is 25.2 Å². The van der Waals surface area contributed by atoms with Gasteiger partial charge >= 0.3 is 0 Å². The fourth-order valence-corrected chi connectivity index (χ4v) is 2.76. The van der Waals surface area contributed by atoms with Crippen molar-refractivity contribution in [1.82, 2.24) is 0 Å². The number of hydrogen-bond donors (Lipinski definition) is 1. The van der Waals surface area contributed by atoms with E-state index in [0.717, 1.165) is 25.1 Å². The first-order chi connectivity index (χ1) is 9.04. The molecule has 0 bridgehead atoms. The van der Waals surface area contributed by atoms with Gasteiger partial charge in [-0.1, -0.05) is 6.07 Å². The maximum absolute atomic E-state index is 12.4. The number of carbonyl (C=O) groups excluding carboxylic acids is 1. The van der Waals surface area contributed by atoms with Crippen LogP contribution < -0.4 is 10.6 Å². The SMILES string of the molecule is COCC(N)C(=O)N1CCCc2c(C)cc(C)cc21. The van der Waals surface area contributed by atoms with E-state index in [4.69, 9.17) is 10.5 Å². The molecule has 1 atom stereocenters. The van der Waals surface area contributed by atoms with Crippen LogP contribution in [0, 0.1) is 13.8 Å². The lowest BCUT2D eigenvalue weighted by atomic mass is 9.94. The molecule has 0 radical (unpaired) electrons. The predicted octanol–water partition coefficient (Wildman–Crippen LogP) is 1.56. The van der Waals surface area contributed by atoms with E-state index in [-0.39, 0.29) is 12.5 Å². The smallest absolute Gasteiger partial charge is 0.246 e. The van der Waals surface area contributed by atoms with Gasteiger partial charge in [-0.3, -0.25) is 4.79 Å². The number of rotatable bonds is 3. The van der Waals surface area contributed by atoms with E-state index in [1.807, 2.05) is 4.90 Å². The highest BCUT2D eigenvalue weighted by Gasteiger charge is 2.27. The Labute approximate surface area is 114 Å². The lowest BCUT2D eigenvalue weighted by Gasteiger charge is -2.32. The summed E-state index contributed by atoms with van der Waals surface area (Å²) in [5, 5.41) is 0. The minimum Gasteiger partial charge on any atom is -0.383 e. The van der Waals surface area contributed by atoms with Gasteiger partial charge in [0.25, 0.3) is 0 Å². The largest absolute Gasteiger partial charge is 0.383 e. The highest BCUT2D eigenvalue weighted by molar-refractivity contribution is 5.98. The molecule has 4 heteroatoms. The summed E-state index contributed by atoms with van der Waals surface area (Å²) < 4.78 is 4.98. The van der Waals surface area contributed by atoms with Gasteiger partial charge in [-0.15, -0.1) is 0 Å². The molecule has 104 valence electrons. The molecule has 4 nitrogen and oxygen atoms in total. The third kappa shape index (κ3) is 2.80. The summed E-state index contributed by atoms with van der Waals surface area (Å²) in [6.45, 7) is 5.16. The summed E-state index contributed by atoms with van der Waals surface area (Å²) in [4.78, 5) is 14.2. The summed E-state index contributed by atoms with van der Waals surface area (Å²) in [6.07, 6.45) is 2.02. The number of ether oxygens (including phenoxy) is 1. The van der Waals surface area contributed by atoms with Crippen molar-refractivity contribution in [3.05, 3.63) is 28.8 Å². The van der Waals surface area contributed by atoms with Crippen LogP contribution in [0.3, 0.4) is 0 Å². The molecule has 1 aliphatic heterocycles. The van der Waals surface area contributed by atoms with Crippen LogP contribution in [0.4, 0.5) is 5.69 Å². The minimum atomic E-state index is -0.586. The van der Waals surface area contributed by atoms with Crippen molar-refractivity contribution in [3.8, 4) is 0 Å². The Bertz CT molecular complexity index is 485. The van der Waals surface area contributed by atoms with Crippen LogP contribution in [-0.4, -0.2) is 32.2 Å². The average molecular weight is 262 g/mol. The summed E-state index contributed by atoms with van der Waals surface area (Å²) in [5.41, 5.74) is 10.6. The molecule has 1 aromatic rings. The normalized spacial score (nSPS) is 16.1. The first kappa shape index (κ1) is 14.0. The maximum Gasteiger partial charge on any atom is 0.246 e. The molecule has 19 heavy (non-hydrogen) atoms. The molecular formula is C15H22N2O2. The van der Waals surface area contributed by atoms with Gasteiger partial charge in [0.2, 0.25) is 5.91 Å². The van der Waals surface area contributed by atoms with Crippen molar-refractivity contribution in [3.63, 3.8) is 0 Å². The highest BCUT2D eigenvalue weighted by Crippen LogP contribution is 2.31. The molecule has 0 saturated carbocycles. The molecule has 1 amide bonds. The summed E-state index contributed by atoms with van der Waals surface area (Å²) in [7, 11) is 1.56. The molecule has 0 aliphatic carbocycles. The molecule has 0 spiro atoms. The number of carbonyl (C=O) groups is 1. The Morgan fingerprint density at radius 2 is 2.21 bits per heavy atom. The second-order valence-electron chi connectivity index (χ2n) is 5.23. The van der Waals surface area contributed by atoms with E-state index in [2.05, 4.69) is 26.0 Å². The molecular weight excluding hydrogens is 240 g/mol. The minimum absolute atomic E-state index is 0.0483. The number of benzene rings is 1. The van der Waals surface area contributed by atoms with Crippen LogP contribution in [0.5, 0.6) is 0 Å². The lowest BCUT2D eigenvalue weighted by Crippen LogP contribution is -2.48. The Morgan fingerprint density at radius 3 is 2.89 bits per heavy atom. The second kappa shape index (κ2) is 5.72. The number of fused-ring (bicyclic) bond motifs is 1. The Hall–Kier alpha value is -1.39. The number of nitrogens with two attached hydrogens (primary N) is 1. The zero-order valence-corrected chi connectivity index (χ0v) is 11.9. The van der Waals surface area contributed by atoms with Gasteiger partial charge in [-0.2, -0.15) is 0 Å². The first-order valence-corrected chi connectivity index (χ1v) is 6.70. The molecule has 1 heterocycles. The number of anilines is 1. The van der Waals surface area contributed by atoms with E-state index >= 15 is 0 Å². The van der Waals surface area contributed by atoms with Crippen LogP contribution in [0.15, 0.2) is 12.1 Å². The summed E-state index contributed by atoms with van der Waals surface area (Å²) in [6, 6.07) is 3.66. The summed E-state index contributed by atoms with van der Waals surface area (Å²) in [5.74, 6) is -0.0483. The zero-order valence-electron chi connectivity index (χ0n) is 11.9.